The molecule has 1 saturated heterocycles. The summed E-state index contributed by atoms with van der Waals surface area (Å²) in [6, 6.07) is 0. The second kappa shape index (κ2) is 21.6. The molecule has 2 N–H and O–H groups in total. The third kappa shape index (κ3) is 20.3. The Labute approximate surface area is 215 Å². The minimum atomic E-state index is -3.69. The highest BCUT2D eigenvalue weighted by molar-refractivity contribution is 7.52. The highest BCUT2D eigenvalue weighted by atomic mass is 31.2. The van der Waals surface area contributed by atoms with Crippen LogP contribution in [0.5, 0.6) is 0 Å². The fourth-order valence-electron chi connectivity index (χ4n) is 4.65. The van der Waals surface area contributed by atoms with Crippen molar-refractivity contribution in [1.82, 2.24) is 0 Å². The summed E-state index contributed by atoms with van der Waals surface area (Å²) < 4.78 is 28.5. The zero-order valence-corrected chi connectivity index (χ0v) is 23.7. The van der Waals surface area contributed by atoms with E-state index in [9.17, 15) is 14.3 Å². The largest absolute Gasteiger partial charge is 0.458 e. The number of quaternary nitrogens is 1. The van der Waals surface area contributed by atoms with Gasteiger partial charge in [0.25, 0.3) is 0 Å². The smallest absolute Gasteiger partial charge is 0.333 e. The van der Waals surface area contributed by atoms with Gasteiger partial charge in [-0.1, -0.05) is 90.4 Å². The van der Waals surface area contributed by atoms with Gasteiger partial charge in [0.1, 0.15) is 6.10 Å². The predicted octanol–water partition coefficient (Wildman–Crippen LogP) is 5.30. The Bertz CT molecular complexity index is 556. The Balaban J connectivity index is 2.00. The second-order valence-electron chi connectivity index (χ2n) is 10.3. The van der Waals surface area contributed by atoms with Gasteiger partial charge in [-0.3, -0.25) is 9.36 Å². The van der Waals surface area contributed by atoms with Gasteiger partial charge in [0.15, 0.2) is 0 Å². The minimum Gasteiger partial charge on any atom is -0.458 e. The van der Waals surface area contributed by atoms with Crippen molar-refractivity contribution in [3.8, 4) is 0 Å². The van der Waals surface area contributed by atoms with Gasteiger partial charge in [-0.25, -0.2) is 0 Å². The molecule has 8 heteroatoms. The molecule has 0 radical (unpaired) electrons. The average Bonchev–Trinajstić information content (AvgIpc) is 3.34. The Hall–Kier alpha value is -0.460. The maximum Gasteiger partial charge on any atom is 0.333 e. The van der Waals surface area contributed by atoms with Crippen LogP contribution in [0.4, 0.5) is 0 Å². The molecular weight excluding hydrogens is 465 g/mol. The summed E-state index contributed by atoms with van der Waals surface area (Å²) >= 11 is 0. The number of likely N-dealkylation sites (tertiary alicyclic amines) is 1. The molecule has 35 heavy (non-hydrogen) atoms. The Morgan fingerprint density at radius 1 is 0.857 bits per heavy atom. The zero-order valence-electron chi connectivity index (χ0n) is 22.8. The number of hydrogen-bond donors (Lipinski definition) is 2. The highest BCUT2D eigenvalue weighted by Crippen LogP contribution is 2.41. The van der Waals surface area contributed by atoms with E-state index in [2.05, 4.69) is 6.92 Å². The molecule has 0 aliphatic carbocycles. The molecule has 0 spiro atoms. The molecule has 0 aromatic rings. The van der Waals surface area contributed by atoms with Crippen LogP contribution in [0.3, 0.4) is 0 Å². The molecule has 1 heterocycles. The van der Waals surface area contributed by atoms with Gasteiger partial charge in [-0.2, -0.15) is 0 Å². The van der Waals surface area contributed by atoms with Crippen LogP contribution in [0.25, 0.3) is 0 Å². The lowest BCUT2D eigenvalue weighted by atomic mass is 10.0. The zero-order chi connectivity index (χ0) is 25.6. The molecule has 1 aliphatic rings. The third-order valence-corrected chi connectivity index (χ3v) is 8.14. The lowest BCUT2D eigenvalue weighted by Crippen LogP contribution is -3.10. The Morgan fingerprint density at radius 3 is 1.89 bits per heavy atom. The van der Waals surface area contributed by atoms with Crippen LogP contribution in [0, 0.1) is 0 Å². The number of carbonyl (C=O) groups is 1. The van der Waals surface area contributed by atoms with Gasteiger partial charge < -0.3 is 23.8 Å². The molecule has 0 bridgehead atoms. The van der Waals surface area contributed by atoms with Gasteiger partial charge >= 0.3 is 13.6 Å². The van der Waals surface area contributed by atoms with E-state index in [1.807, 2.05) is 0 Å². The van der Waals surface area contributed by atoms with Crippen molar-refractivity contribution in [3.05, 3.63) is 0 Å². The van der Waals surface area contributed by atoms with Crippen molar-refractivity contribution in [3.63, 3.8) is 0 Å². The standard InChI is InChI=1S/C27H54NO6P/c1-3-4-5-6-7-8-9-10-11-12-13-14-15-18-22-32-24-27(34-26(2)29)25-33-35(30,31)23-21-28-19-16-17-20-28/h27H,3-25H2,1-2H3,(H,30,31)/p+1. The molecule has 7 nitrogen and oxygen atoms in total. The first-order valence-corrected chi connectivity index (χ1v) is 16.2. The molecule has 0 aromatic heterocycles. The third-order valence-electron chi connectivity index (χ3n) is 6.80. The molecule has 0 saturated carbocycles. The molecular formula is C27H55NO6P+. The molecule has 0 aromatic carbocycles. The van der Waals surface area contributed by atoms with Crippen molar-refractivity contribution in [2.24, 2.45) is 0 Å². The van der Waals surface area contributed by atoms with Crippen LogP contribution in [0.15, 0.2) is 0 Å². The summed E-state index contributed by atoms with van der Waals surface area (Å²) in [5.41, 5.74) is 0. The Kier molecular flexibility index (Phi) is 20.1. The van der Waals surface area contributed by atoms with Crippen molar-refractivity contribution in [2.75, 3.05) is 45.6 Å². The van der Waals surface area contributed by atoms with Gasteiger partial charge in [-0.05, 0) is 6.42 Å². The van der Waals surface area contributed by atoms with Crippen LogP contribution in [0.1, 0.15) is 117 Å². The summed E-state index contributed by atoms with van der Waals surface area (Å²) in [6.45, 7) is 7.03. The quantitative estimate of drug-likeness (QED) is 0.102. The number of nitrogens with one attached hydrogen (secondary N) is 1. The molecule has 0 amide bonds. The molecule has 1 rings (SSSR count). The first kappa shape index (κ1) is 32.6. The predicted molar refractivity (Wildman–Crippen MR) is 142 cm³/mol. The van der Waals surface area contributed by atoms with Crippen molar-refractivity contribution < 1.29 is 33.2 Å². The van der Waals surface area contributed by atoms with E-state index in [1.54, 1.807) is 0 Å². The first-order valence-electron chi connectivity index (χ1n) is 14.5. The van der Waals surface area contributed by atoms with E-state index >= 15 is 0 Å². The van der Waals surface area contributed by atoms with Crippen LogP contribution in [0.2, 0.25) is 0 Å². The van der Waals surface area contributed by atoms with Crippen LogP contribution >= 0.6 is 7.60 Å². The van der Waals surface area contributed by atoms with Gasteiger partial charge in [0.2, 0.25) is 0 Å². The molecule has 1 fully saturated rings. The summed E-state index contributed by atoms with van der Waals surface area (Å²) in [6.07, 6.45) is 20.2. The molecule has 2 unspecified atom stereocenters. The van der Waals surface area contributed by atoms with Gasteiger partial charge in [0.05, 0.1) is 39.0 Å². The Morgan fingerprint density at radius 2 is 1.37 bits per heavy atom. The molecule has 2 atom stereocenters. The topological polar surface area (TPSA) is 86.5 Å². The fourth-order valence-corrected chi connectivity index (χ4v) is 5.78. The lowest BCUT2D eigenvalue weighted by molar-refractivity contribution is -0.884. The van der Waals surface area contributed by atoms with Crippen LogP contribution in [-0.4, -0.2) is 62.6 Å². The number of unbranched alkanes of at least 4 members (excludes halogenated alkanes) is 13. The summed E-state index contributed by atoms with van der Waals surface area (Å²) in [7, 11) is -3.69. The summed E-state index contributed by atoms with van der Waals surface area (Å²) in [5.74, 6) is -0.437. The minimum absolute atomic E-state index is 0.110. The van der Waals surface area contributed by atoms with Crippen molar-refractivity contribution >= 4 is 13.6 Å². The SMILES string of the molecule is CCCCCCCCCCCCCCCCOCC(COP(=O)(O)CC[NH+]1CCCC1)OC(C)=O. The maximum absolute atomic E-state index is 12.3. The van der Waals surface area contributed by atoms with Crippen molar-refractivity contribution in [1.29, 1.82) is 0 Å². The summed E-state index contributed by atoms with van der Waals surface area (Å²) in [5, 5.41) is 0. The van der Waals surface area contributed by atoms with Gasteiger partial charge in [0, 0.05) is 26.4 Å². The van der Waals surface area contributed by atoms with Crippen molar-refractivity contribution in [2.45, 2.75) is 123 Å². The highest BCUT2D eigenvalue weighted by Gasteiger charge is 2.26. The number of hydrogen-bond acceptors (Lipinski definition) is 5. The normalized spacial score (nSPS) is 16.9. The maximum atomic E-state index is 12.3. The summed E-state index contributed by atoms with van der Waals surface area (Å²) in [4.78, 5) is 22.8. The fraction of sp³-hybridized carbons (Fsp3) is 0.963. The van der Waals surface area contributed by atoms with E-state index in [-0.39, 0.29) is 19.4 Å². The van der Waals surface area contributed by atoms with Gasteiger partial charge in [-0.15, -0.1) is 0 Å². The van der Waals surface area contributed by atoms with E-state index in [0.29, 0.717) is 13.2 Å². The first-order chi connectivity index (χ1) is 16.9. The van der Waals surface area contributed by atoms with E-state index < -0.39 is 19.7 Å². The van der Waals surface area contributed by atoms with Crippen LogP contribution < -0.4 is 4.90 Å². The number of carbonyl (C=O) groups excluding carboxylic acids is 1. The number of esters is 1. The average molecular weight is 521 g/mol. The second-order valence-corrected chi connectivity index (χ2v) is 12.2. The monoisotopic (exact) mass is 520 g/mol. The van der Waals surface area contributed by atoms with Crippen LogP contribution in [-0.2, 0) is 23.4 Å². The number of rotatable bonds is 24. The van der Waals surface area contributed by atoms with E-state index in [1.165, 1.54) is 102 Å². The van der Waals surface area contributed by atoms with E-state index in [0.717, 1.165) is 25.9 Å². The van der Waals surface area contributed by atoms with E-state index in [4.69, 9.17) is 14.0 Å². The molecule has 208 valence electrons. The number of ether oxygens (including phenoxy) is 2. The molecule has 1 aliphatic heterocycles. The lowest BCUT2D eigenvalue weighted by Gasteiger charge is -2.20.